The zero-order valence-electron chi connectivity index (χ0n) is 11.4. The maximum atomic E-state index is 13.7. The number of halogens is 2. The molecule has 0 aliphatic rings. The van der Waals surface area contributed by atoms with E-state index in [0.29, 0.717) is 0 Å². The van der Waals surface area contributed by atoms with E-state index in [2.05, 4.69) is 5.32 Å². The van der Waals surface area contributed by atoms with Crippen molar-refractivity contribution in [3.8, 4) is 0 Å². The Balaban J connectivity index is 2.33. The molecule has 0 aliphatic heterocycles. The Morgan fingerprint density at radius 1 is 1.17 bits per heavy atom. The van der Waals surface area contributed by atoms with Crippen LogP contribution in [0.15, 0.2) is 36.4 Å². The van der Waals surface area contributed by atoms with E-state index in [1.54, 1.807) is 0 Å². The Hall–Kier alpha value is -3.00. The molecule has 0 fully saturated rings. The lowest BCUT2D eigenvalue weighted by atomic mass is 10.1. The van der Waals surface area contributed by atoms with Crippen LogP contribution in [0.4, 0.5) is 15.8 Å². The molecule has 0 aliphatic carbocycles. The maximum absolute atomic E-state index is 13.7. The first kappa shape index (κ1) is 16.4. The molecular formula is C14H9ClFN3O4. The summed E-state index contributed by atoms with van der Waals surface area (Å²) in [5.74, 6) is -2.63. The SMILES string of the molecule is NC(=O)c1cc(NC(=O)c2cc([N+](=O)[O-])ccc2F)ccc1Cl. The molecular weight excluding hydrogens is 329 g/mol. The molecule has 0 unspecified atom stereocenters. The molecule has 2 aromatic rings. The Labute approximate surface area is 134 Å². The van der Waals surface area contributed by atoms with Gasteiger partial charge in [-0.25, -0.2) is 4.39 Å². The van der Waals surface area contributed by atoms with Gasteiger partial charge in [-0.1, -0.05) is 11.6 Å². The number of carbonyl (C=O) groups excluding carboxylic acids is 2. The minimum absolute atomic E-state index is 0.0241. The molecule has 0 saturated carbocycles. The largest absolute Gasteiger partial charge is 0.366 e. The average molecular weight is 338 g/mol. The van der Waals surface area contributed by atoms with Gasteiger partial charge in [-0.15, -0.1) is 0 Å². The number of nitrogens with one attached hydrogen (secondary N) is 1. The third kappa shape index (κ3) is 3.61. The third-order valence-electron chi connectivity index (χ3n) is 2.90. The number of hydrogen-bond acceptors (Lipinski definition) is 4. The van der Waals surface area contributed by atoms with Crippen LogP contribution in [0.3, 0.4) is 0 Å². The topological polar surface area (TPSA) is 115 Å². The number of nitrogens with zero attached hydrogens (tertiary/aromatic N) is 1. The van der Waals surface area contributed by atoms with Gasteiger partial charge in [0.15, 0.2) is 0 Å². The fourth-order valence-corrected chi connectivity index (χ4v) is 2.00. The van der Waals surface area contributed by atoms with Gasteiger partial charge in [0.25, 0.3) is 11.6 Å². The number of benzene rings is 2. The molecule has 7 nitrogen and oxygen atoms in total. The molecule has 0 spiro atoms. The van der Waals surface area contributed by atoms with E-state index in [1.807, 2.05) is 0 Å². The van der Waals surface area contributed by atoms with Crippen LogP contribution >= 0.6 is 11.6 Å². The minimum Gasteiger partial charge on any atom is -0.366 e. The highest BCUT2D eigenvalue weighted by atomic mass is 35.5. The first-order valence-corrected chi connectivity index (χ1v) is 6.52. The molecule has 0 radical (unpaired) electrons. The van der Waals surface area contributed by atoms with Gasteiger partial charge in [0.1, 0.15) is 5.82 Å². The molecule has 0 heterocycles. The number of non-ortho nitro benzene ring substituents is 1. The number of hydrogen-bond donors (Lipinski definition) is 2. The fraction of sp³-hybridized carbons (Fsp3) is 0. The predicted molar refractivity (Wildman–Crippen MR) is 81.0 cm³/mol. The van der Waals surface area contributed by atoms with Gasteiger partial charge in [-0.3, -0.25) is 19.7 Å². The van der Waals surface area contributed by atoms with E-state index in [-0.39, 0.29) is 16.3 Å². The minimum atomic E-state index is -0.919. The Bertz CT molecular complexity index is 826. The lowest BCUT2D eigenvalue weighted by molar-refractivity contribution is -0.384. The highest BCUT2D eigenvalue weighted by molar-refractivity contribution is 6.34. The van der Waals surface area contributed by atoms with E-state index in [4.69, 9.17) is 17.3 Å². The van der Waals surface area contributed by atoms with Crippen molar-refractivity contribution >= 4 is 34.8 Å². The molecule has 0 bridgehead atoms. The van der Waals surface area contributed by atoms with Crippen LogP contribution in [0, 0.1) is 15.9 Å². The summed E-state index contributed by atoms with van der Waals surface area (Å²) in [6, 6.07) is 6.51. The summed E-state index contributed by atoms with van der Waals surface area (Å²) in [6.07, 6.45) is 0. The molecule has 0 aromatic heterocycles. The number of anilines is 1. The van der Waals surface area contributed by atoms with Gasteiger partial charge < -0.3 is 11.1 Å². The Kier molecular flexibility index (Phi) is 4.56. The first-order chi connectivity index (χ1) is 10.8. The van der Waals surface area contributed by atoms with Gasteiger partial charge in [0.05, 0.1) is 21.1 Å². The molecule has 3 N–H and O–H groups in total. The van der Waals surface area contributed by atoms with Crippen molar-refractivity contribution in [3.05, 3.63) is 68.5 Å². The third-order valence-corrected chi connectivity index (χ3v) is 3.22. The lowest BCUT2D eigenvalue weighted by Crippen LogP contribution is -2.16. The summed E-state index contributed by atoms with van der Waals surface area (Å²) < 4.78 is 13.7. The quantitative estimate of drug-likeness (QED) is 0.659. The molecule has 2 amide bonds. The number of rotatable bonds is 4. The van der Waals surface area contributed by atoms with Crippen LogP contribution in [0.2, 0.25) is 5.02 Å². The van der Waals surface area contributed by atoms with Gasteiger partial charge in [-0.2, -0.15) is 0 Å². The molecule has 0 saturated heterocycles. The highest BCUT2D eigenvalue weighted by Crippen LogP contribution is 2.22. The van der Waals surface area contributed by atoms with Crippen LogP contribution in [-0.4, -0.2) is 16.7 Å². The number of primary amides is 1. The van der Waals surface area contributed by atoms with Crippen LogP contribution < -0.4 is 11.1 Å². The second-order valence-electron chi connectivity index (χ2n) is 4.43. The number of nitro groups is 1. The van der Waals surface area contributed by atoms with Gasteiger partial charge in [-0.05, 0) is 24.3 Å². The van der Waals surface area contributed by atoms with Gasteiger partial charge in [0.2, 0.25) is 5.91 Å². The average Bonchev–Trinajstić information content (AvgIpc) is 2.49. The van der Waals surface area contributed by atoms with E-state index in [0.717, 1.165) is 18.2 Å². The maximum Gasteiger partial charge on any atom is 0.270 e. The van der Waals surface area contributed by atoms with Crippen molar-refractivity contribution in [1.29, 1.82) is 0 Å². The summed E-state index contributed by atoms with van der Waals surface area (Å²) in [5, 5.41) is 13.1. The number of nitrogens with two attached hydrogens (primary N) is 1. The number of amides is 2. The summed E-state index contributed by atoms with van der Waals surface area (Å²) >= 11 is 5.78. The van der Waals surface area contributed by atoms with E-state index in [1.165, 1.54) is 18.2 Å². The van der Waals surface area contributed by atoms with Crippen molar-refractivity contribution in [2.24, 2.45) is 5.73 Å². The second-order valence-corrected chi connectivity index (χ2v) is 4.84. The zero-order valence-corrected chi connectivity index (χ0v) is 12.1. The van der Waals surface area contributed by atoms with Crippen molar-refractivity contribution in [2.75, 3.05) is 5.32 Å². The van der Waals surface area contributed by atoms with Crippen LogP contribution in [0.25, 0.3) is 0 Å². The molecule has 9 heteroatoms. The highest BCUT2D eigenvalue weighted by Gasteiger charge is 2.18. The number of nitro benzene ring substituents is 1. The molecule has 118 valence electrons. The normalized spacial score (nSPS) is 10.2. The summed E-state index contributed by atoms with van der Waals surface area (Å²) in [7, 11) is 0. The number of carbonyl (C=O) groups is 2. The predicted octanol–water partition coefficient (Wildman–Crippen LogP) is 2.74. The zero-order chi connectivity index (χ0) is 17.1. The lowest BCUT2D eigenvalue weighted by Gasteiger charge is -2.08. The van der Waals surface area contributed by atoms with Crippen LogP contribution in [0.5, 0.6) is 0 Å². The molecule has 2 rings (SSSR count). The van der Waals surface area contributed by atoms with Crippen molar-refractivity contribution in [2.45, 2.75) is 0 Å². The van der Waals surface area contributed by atoms with Crippen molar-refractivity contribution in [3.63, 3.8) is 0 Å². The van der Waals surface area contributed by atoms with Crippen molar-refractivity contribution in [1.82, 2.24) is 0 Å². The fourth-order valence-electron chi connectivity index (χ4n) is 1.79. The van der Waals surface area contributed by atoms with Gasteiger partial charge >= 0.3 is 0 Å². The molecule has 0 atom stereocenters. The summed E-state index contributed by atoms with van der Waals surface area (Å²) in [6.45, 7) is 0. The van der Waals surface area contributed by atoms with E-state index in [9.17, 15) is 24.1 Å². The van der Waals surface area contributed by atoms with Crippen LogP contribution in [0.1, 0.15) is 20.7 Å². The molecule has 2 aromatic carbocycles. The Morgan fingerprint density at radius 2 is 1.87 bits per heavy atom. The summed E-state index contributed by atoms with van der Waals surface area (Å²) in [5.41, 5.74) is 4.32. The Morgan fingerprint density at radius 3 is 2.48 bits per heavy atom. The van der Waals surface area contributed by atoms with Gasteiger partial charge in [0, 0.05) is 17.8 Å². The molecule has 23 heavy (non-hydrogen) atoms. The smallest absolute Gasteiger partial charge is 0.270 e. The van der Waals surface area contributed by atoms with Crippen molar-refractivity contribution < 1.29 is 18.9 Å². The van der Waals surface area contributed by atoms with Crippen LogP contribution in [-0.2, 0) is 0 Å². The standard InChI is InChI=1S/C14H9ClFN3O4/c15-11-3-1-7(5-9(11)13(17)20)18-14(21)10-6-8(19(22)23)2-4-12(10)16/h1-6H,(H2,17,20)(H,18,21). The first-order valence-electron chi connectivity index (χ1n) is 6.14. The van der Waals surface area contributed by atoms with E-state index >= 15 is 0 Å². The monoisotopic (exact) mass is 337 g/mol. The van der Waals surface area contributed by atoms with E-state index < -0.39 is 33.8 Å². The second kappa shape index (κ2) is 6.41. The summed E-state index contributed by atoms with van der Waals surface area (Å²) in [4.78, 5) is 33.2.